The number of thiophene rings is 1. The summed E-state index contributed by atoms with van der Waals surface area (Å²) >= 11 is 1.80. The second-order valence-electron chi connectivity index (χ2n) is 13.6. The Kier molecular flexibility index (Phi) is 6.39. The summed E-state index contributed by atoms with van der Waals surface area (Å²) in [6.45, 7) is 4.63. The maximum atomic E-state index is 5.37. The smallest absolute Gasteiger partial charge is 0.165 e. The minimum Gasteiger partial charge on any atom is -0.208 e. The molecule has 0 unspecified atom stereocenters. The lowest BCUT2D eigenvalue weighted by atomic mass is 9.82. The Labute approximate surface area is 294 Å². The quantitative estimate of drug-likeness (QED) is 0.189. The minimum atomic E-state index is -0.135. The van der Waals surface area contributed by atoms with Crippen LogP contribution in [0.2, 0.25) is 0 Å². The number of nitrogens with zero attached hydrogens (tertiary/aromatic N) is 3. The lowest BCUT2D eigenvalue weighted by molar-refractivity contribution is 0.660. The largest absolute Gasteiger partial charge is 0.208 e. The van der Waals surface area contributed by atoms with Crippen LogP contribution in [0.4, 0.5) is 0 Å². The van der Waals surface area contributed by atoms with Crippen LogP contribution in [0.5, 0.6) is 0 Å². The van der Waals surface area contributed by atoms with Gasteiger partial charge in [0.15, 0.2) is 17.5 Å². The first-order valence-electron chi connectivity index (χ1n) is 17.0. The number of fused-ring (bicyclic) bond motifs is 7. The minimum absolute atomic E-state index is 0.135. The number of aromatic nitrogens is 3. The average molecular weight is 658 g/mol. The molecule has 2 aromatic heterocycles. The molecule has 0 N–H and O–H groups in total. The number of rotatable bonds is 4. The van der Waals surface area contributed by atoms with E-state index in [2.05, 4.69) is 166 Å². The molecule has 0 fully saturated rings. The monoisotopic (exact) mass is 657 g/mol. The molecule has 0 spiro atoms. The van der Waals surface area contributed by atoms with Gasteiger partial charge in [0.2, 0.25) is 0 Å². The van der Waals surface area contributed by atoms with Gasteiger partial charge in [-0.1, -0.05) is 153 Å². The van der Waals surface area contributed by atoms with Gasteiger partial charge in [-0.15, -0.1) is 11.3 Å². The van der Waals surface area contributed by atoms with E-state index in [9.17, 15) is 0 Å². The molecule has 236 valence electrons. The van der Waals surface area contributed by atoms with Gasteiger partial charge in [-0.25, -0.2) is 15.0 Å². The molecule has 0 amide bonds. The fraction of sp³-hybridized carbons (Fsp3) is 0.0652. The third-order valence-corrected chi connectivity index (χ3v) is 11.6. The van der Waals surface area contributed by atoms with E-state index in [0.717, 1.165) is 27.8 Å². The van der Waals surface area contributed by atoms with Crippen molar-refractivity contribution in [2.24, 2.45) is 0 Å². The Morgan fingerprint density at radius 3 is 1.78 bits per heavy atom. The van der Waals surface area contributed by atoms with Crippen LogP contribution in [0.25, 0.3) is 87.4 Å². The molecule has 3 nitrogen and oxygen atoms in total. The summed E-state index contributed by atoms with van der Waals surface area (Å²) in [7, 11) is 0. The highest BCUT2D eigenvalue weighted by atomic mass is 32.1. The van der Waals surface area contributed by atoms with Gasteiger partial charge < -0.3 is 0 Å². The van der Waals surface area contributed by atoms with Crippen molar-refractivity contribution >= 4 is 42.3 Å². The summed E-state index contributed by atoms with van der Waals surface area (Å²) in [5.41, 5.74) is 10.2. The number of benzene rings is 7. The van der Waals surface area contributed by atoms with Crippen molar-refractivity contribution in [3.63, 3.8) is 0 Å². The third kappa shape index (κ3) is 4.32. The number of hydrogen-bond donors (Lipinski definition) is 0. The molecule has 0 saturated heterocycles. The average Bonchev–Trinajstić information content (AvgIpc) is 3.67. The van der Waals surface area contributed by atoms with Gasteiger partial charge in [0.05, 0.1) is 0 Å². The molecular formula is C46H31N3S. The van der Waals surface area contributed by atoms with E-state index < -0.39 is 0 Å². The lowest BCUT2D eigenvalue weighted by Gasteiger charge is -2.21. The Morgan fingerprint density at radius 2 is 0.920 bits per heavy atom. The molecule has 1 aliphatic carbocycles. The predicted octanol–water partition coefficient (Wildman–Crippen LogP) is 12.4. The van der Waals surface area contributed by atoms with Crippen LogP contribution < -0.4 is 0 Å². The van der Waals surface area contributed by atoms with E-state index in [0.29, 0.717) is 17.5 Å². The van der Waals surface area contributed by atoms with E-state index in [1.807, 2.05) is 0 Å². The Morgan fingerprint density at radius 1 is 0.400 bits per heavy atom. The molecule has 1 aliphatic rings. The first kappa shape index (κ1) is 29.0. The molecule has 7 aromatic carbocycles. The van der Waals surface area contributed by atoms with E-state index in [-0.39, 0.29) is 5.41 Å². The summed E-state index contributed by atoms with van der Waals surface area (Å²) in [4.78, 5) is 16.1. The SMILES string of the molecule is CC1(C)c2ccccc2-c2c(-c3nc(-c4ccccc4-c4cccc5ccccc45)nc(-c4cccc5c4sc4ccccc45)n3)cccc21. The molecule has 0 aliphatic heterocycles. The maximum absolute atomic E-state index is 5.37. The van der Waals surface area contributed by atoms with Gasteiger partial charge in [-0.3, -0.25) is 0 Å². The normalized spacial score (nSPS) is 13.2. The predicted molar refractivity (Wildman–Crippen MR) is 210 cm³/mol. The zero-order valence-corrected chi connectivity index (χ0v) is 28.5. The first-order valence-corrected chi connectivity index (χ1v) is 17.9. The molecule has 10 rings (SSSR count). The van der Waals surface area contributed by atoms with E-state index >= 15 is 0 Å². The van der Waals surface area contributed by atoms with Gasteiger partial charge >= 0.3 is 0 Å². The highest BCUT2D eigenvalue weighted by molar-refractivity contribution is 7.26. The molecule has 2 heterocycles. The van der Waals surface area contributed by atoms with Crippen molar-refractivity contribution in [3.8, 4) is 56.4 Å². The van der Waals surface area contributed by atoms with Gasteiger partial charge in [0.1, 0.15) is 0 Å². The van der Waals surface area contributed by atoms with Gasteiger partial charge in [-0.2, -0.15) is 0 Å². The van der Waals surface area contributed by atoms with Crippen molar-refractivity contribution in [1.82, 2.24) is 15.0 Å². The highest BCUT2D eigenvalue weighted by Crippen LogP contribution is 2.52. The van der Waals surface area contributed by atoms with Crippen LogP contribution in [0.3, 0.4) is 0 Å². The van der Waals surface area contributed by atoms with Crippen molar-refractivity contribution < 1.29 is 0 Å². The topological polar surface area (TPSA) is 38.7 Å². The molecule has 50 heavy (non-hydrogen) atoms. The van der Waals surface area contributed by atoms with Crippen LogP contribution in [0, 0.1) is 0 Å². The van der Waals surface area contributed by atoms with Crippen LogP contribution in [-0.4, -0.2) is 15.0 Å². The van der Waals surface area contributed by atoms with Gasteiger partial charge in [-0.05, 0) is 56.3 Å². The Balaban J connectivity index is 1.27. The summed E-state index contributed by atoms with van der Waals surface area (Å²) in [6, 6.07) is 54.0. The lowest BCUT2D eigenvalue weighted by Crippen LogP contribution is -2.14. The van der Waals surface area contributed by atoms with Crippen LogP contribution in [0.15, 0.2) is 152 Å². The summed E-state index contributed by atoms with van der Waals surface area (Å²) < 4.78 is 2.44. The van der Waals surface area contributed by atoms with Crippen molar-refractivity contribution in [2.75, 3.05) is 0 Å². The van der Waals surface area contributed by atoms with Crippen LogP contribution in [-0.2, 0) is 5.41 Å². The van der Waals surface area contributed by atoms with E-state index in [1.54, 1.807) is 11.3 Å². The fourth-order valence-electron chi connectivity index (χ4n) is 7.97. The Bertz CT molecular complexity index is 2800. The van der Waals surface area contributed by atoms with Gasteiger partial charge in [0, 0.05) is 42.3 Å². The van der Waals surface area contributed by atoms with Crippen LogP contribution in [0.1, 0.15) is 25.0 Å². The molecular weight excluding hydrogens is 627 g/mol. The molecule has 0 radical (unpaired) electrons. The van der Waals surface area contributed by atoms with E-state index in [1.165, 1.54) is 53.2 Å². The third-order valence-electron chi connectivity index (χ3n) is 10.4. The molecule has 0 saturated carbocycles. The molecule has 9 aromatic rings. The maximum Gasteiger partial charge on any atom is 0.165 e. The van der Waals surface area contributed by atoms with Crippen molar-refractivity contribution in [1.29, 1.82) is 0 Å². The second kappa shape index (κ2) is 11.0. The summed E-state index contributed by atoms with van der Waals surface area (Å²) in [5, 5.41) is 4.88. The first-order chi connectivity index (χ1) is 24.6. The summed E-state index contributed by atoms with van der Waals surface area (Å²) in [6.07, 6.45) is 0. The zero-order valence-electron chi connectivity index (χ0n) is 27.7. The zero-order chi connectivity index (χ0) is 33.4. The summed E-state index contributed by atoms with van der Waals surface area (Å²) in [5.74, 6) is 2.02. The molecule has 0 atom stereocenters. The highest BCUT2D eigenvalue weighted by Gasteiger charge is 2.37. The van der Waals surface area contributed by atoms with Crippen LogP contribution >= 0.6 is 11.3 Å². The Hall–Kier alpha value is -5.97. The van der Waals surface area contributed by atoms with Gasteiger partial charge in [0.25, 0.3) is 0 Å². The fourth-order valence-corrected chi connectivity index (χ4v) is 9.19. The van der Waals surface area contributed by atoms with E-state index in [4.69, 9.17) is 15.0 Å². The van der Waals surface area contributed by atoms with Crippen molar-refractivity contribution in [2.45, 2.75) is 19.3 Å². The van der Waals surface area contributed by atoms with Crippen molar-refractivity contribution in [3.05, 3.63) is 163 Å². The molecule has 4 heteroatoms. The number of hydrogen-bond acceptors (Lipinski definition) is 4. The molecule has 0 bridgehead atoms. The second-order valence-corrected chi connectivity index (χ2v) is 14.6. The standard InChI is InChI=1S/C46H31N3S/c1-46(2)38-25-9-7-20-35(38)41-36(23-13-26-39(41)46)44-47-43(34-19-6-5-17-31(34)30-21-11-15-28-14-3-4-16-29(28)30)48-45(49-44)37-24-12-22-33-32-18-8-10-27-40(32)50-42(33)37/h3-27H,1-2H3.